The summed E-state index contributed by atoms with van der Waals surface area (Å²) in [6.45, 7) is 12.8. The molecule has 2 fully saturated rings. The number of carbonyl (C=O) groups excluding carboxylic acids is 1. The number of allylic oxidation sites excluding steroid dienone is 2. The highest BCUT2D eigenvalue weighted by molar-refractivity contribution is 7.98. The first-order valence-corrected chi connectivity index (χ1v) is 15.6. The molecule has 6 unspecified atom stereocenters. The maximum absolute atomic E-state index is 13.4. The van der Waals surface area contributed by atoms with Gasteiger partial charge in [0.1, 0.15) is 0 Å². The van der Waals surface area contributed by atoms with E-state index in [1.54, 1.807) is 11.1 Å². The summed E-state index contributed by atoms with van der Waals surface area (Å²) in [6.07, 6.45) is 20.2. The summed E-state index contributed by atoms with van der Waals surface area (Å²) < 4.78 is 2.19. The molecule has 0 aromatic heterocycles. The fourth-order valence-corrected chi connectivity index (χ4v) is 8.50. The van der Waals surface area contributed by atoms with Crippen LogP contribution in [0.15, 0.2) is 11.1 Å². The molecule has 0 aromatic carbocycles. The topological polar surface area (TPSA) is 20.3 Å². The second-order valence-electron chi connectivity index (χ2n) is 11.4. The van der Waals surface area contributed by atoms with Crippen molar-refractivity contribution in [1.29, 1.82) is 0 Å². The molecule has 3 aliphatic rings. The number of rotatable bonds is 17. The largest absolute Gasteiger partial charge is 0.286 e. The summed E-state index contributed by atoms with van der Waals surface area (Å²) in [5.74, 6) is 3.31. The molecule has 6 atom stereocenters. The van der Waals surface area contributed by atoms with Gasteiger partial charge in [0.15, 0.2) is 0 Å². The molecule has 1 aliphatic heterocycles. The first kappa shape index (κ1) is 27.2. The summed E-state index contributed by atoms with van der Waals surface area (Å²) in [5, 5.41) is 0.539. The van der Waals surface area contributed by atoms with Crippen LogP contribution in [0.2, 0.25) is 0 Å². The van der Waals surface area contributed by atoms with Crippen molar-refractivity contribution in [2.45, 2.75) is 136 Å². The number of amides is 1. The van der Waals surface area contributed by atoms with E-state index < -0.39 is 0 Å². The molecule has 1 amide bonds. The number of unbranched alkanes of at least 4 members (excludes halogenated alkanes) is 11. The summed E-state index contributed by atoms with van der Waals surface area (Å²) in [6, 6.07) is 0. The Bertz CT molecular complexity index is 643. The lowest BCUT2D eigenvalue weighted by Crippen LogP contribution is -2.33. The monoisotopic (exact) mass is 475 g/mol. The van der Waals surface area contributed by atoms with Crippen molar-refractivity contribution in [3.63, 3.8) is 0 Å². The first-order valence-electron chi connectivity index (χ1n) is 14.8. The van der Waals surface area contributed by atoms with Crippen LogP contribution < -0.4 is 0 Å². The molecule has 0 aromatic rings. The van der Waals surface area contributed by atoms with Gasteiger partial charge in [0.2, 0.25) is 5.91 Å². The molecule has 1 saturated carbocycles. The Morgan fingerprint density at radius 1 is 0.758 bits per heavy atom. The molecule has 2 aliphatic carbocycles. The number of hydrogen-bond acceptors (Lipinski definition) is 2. The Hall–Kier alpha value is -0.440. The van der Waals surface area contributed by atoms with Crippen LogP contribution in [0.4, 0.5) is 0 Å². The minimum Gasteiger partial charge on any atom is -0.286 e. The SMILES string of the molecule is CCCCCCCCCCCCCCN1SC2C3CC(C(C(C)CC)=C3C(C)CC)C2C1=O. The van der Waals surface area contributed by atoms with E-state index in [4.69, 9.17) is 0 Å². The van der Waals surface area contributed by atoms with Gasteiger partial charge in [-0.2, -0.15) is 0 Å². The van der Waals surface area contributed by atoms with Gasteiger partial charge < -0.3 is 0 Å². The zero-order valence-corrected chi connectivity index (χ0v) is 23.4. The average molecular weight is 476 g/mol. The Morgan fingerprint density at radius 2 is 1.24 bits per heavy atom. The summed E-state index contributed by atoms with van der Waals surface area (Å²) >= 11 is 1.94. The van der Waals surface area contributed by atoms with E-state index in [9.17, 15) is 4.79 Å². The highest BCUT2D eigenvalue weighted by atomic mass is 32.2. The number of hydrogen-bond donors (Lipinski definition) is 0. The van der Waals surface area contributed by atoms with Crippen LogP contribution in [0.5, 0.6) is 0 Å². The van der Waals surface area contributed by atoms with Crippen LogP contribution in [0, 0.1) is 29.6 Å². The Balaban J connectivity index is 1.37. The fraction of sp³-hybridized carbons (Fsp3) is 0.900. The van der Waals surface area contributed by atoms with Crippen LogP contribution in [0.1, 0.15) is 131 Å². The number of fused-ring (bicyclic) bond motifs is 5. The van der Waals surface area contributed by atoms with Gasteiger partial charge in [0, 0.05) is 11.8 Å². The molecule has 33 heavy (non-hydrogen) atoms. The van der Waals surface area contributed by atoms with Crippen molar-refractivity contribution < 1.29 is 4.79 Å². The summed E-state index contributed by atoms with van der Waals surface area (Å²) in [5.41, 5.74) is 3.48. The van der Waals surface area contributed by atoms with Crippen molar-refractivity contribution in [2.24, 2.45) is 29.6 Å². The molecule has 0 radical (unpaired) electrons. The van der Waals surface area contributed by atoms with Gasteiger partial charge in [-0.15, -0.1) is 0 Å². The maximum atomic E-state index is 13.4. The quantitative estimate of drug-likeness (QED) is 0.119. The van der Waals surface area contributed by atoms with Gasteiger partial charge in [-0.3, -0.25) is 9.10 Å². The second kappa shape index (κ2) is 13.6. The standard InChI is InChI=1S/C30H53NOS/c1-6-9-10-11-12-13-14-15-16-17-18-19-20-31-30(32)28-24-21-25(29(28)33-31)27(23(5)8-3)26(24)22(4)7-2/h22-25,28-29H,6-21H2,1-5H3. The van der Waals surface area contributed by atoms with E-state index >= 15 is 0 Å². The van der Waals surface area contributed by atoms with Crippen LogP contribution in [0.25, 0.3) is 0 Å². The van der Waals surface area contributed by atoms with E-state index in [1.165, 1.54) is 96.3 Å². The lowest BCUT2D eigenvalue weighted by Gasteiger charge is -2.32. The zero-order valence-electron chi connectivity index (χ0n) is 22.5. The van der Waals surface area contributed by atoms with Crippen molar-refractivity contribution >= 4 is 17.9 Å². The molecule has 3 heteroatoms. The molecule has 0 N–H and O–H groups in total. The van der Waals surface area contributed by atoms with Gasteiger partial charge in [-0.25, -0.2) is 0 Å². The van der Waals surface area contributed by atoms with E-state index in [0.29, 0.717) is 34.8 Å². The van der Waals surface area contributed by atoms with Crippen molar-refractivity contribution in [3.05, 3.63) is 11.1 Å². The molecule has 190 valence electrons. The smallest absolute Gasteiger partial charge is 0.237 e. The van der Waals surface area contributed by atoms with E-state index in [1.807, 2.05) is 11.9 Å². The Morgan fingerprint density at radius 3 is 1.76 bits per heavy atom. The highest BCUT2D eigenvalue weighted by Gasteiger charge is 2.60. The van der Waals surface area contributed by atoms with Crippen LogP contribution in [0.3, 0.4) is 0 Å². The highest BCUT2D eigenvalue weighted by Crippen LogP contribution is 2.63. The third-order valence-corrected chi connectivity index (χ3v) is 10.6. The minimum atomic E-state index is 0.286. The van der Waals surface area contributed by atoms with Crippen molar-refractivity contribution in [2.75, 3.05) is 6.54 Å². The van der Waals surface area contributed by atoms with Crippen LogP contribution >= 0.6 is 11.9 Å². The summed E-state index contributed by atoms with van der Waals surface area (Å²) in [7, 11) is 0. The molecule has 2 nitrogen and oxygen atoms in total. The van der Waals surface area contributed by atoms with Gasteiger partial charge in [-0.1, -0.05) is 116 Å². The molecule has 3 rings (SSSR count). The predicted octanol–water partition coefficient (Wildman–Crippen LogP) is 9.20. The van der Waals surface area contributed by atoms with Crippen LogP contribution in [-0.2, 0) is 4.79 Å². The molecular weight excluding hydrogens is 422 g/mol. The Labute approximate surface area is 210 Å². The van der Waals surface area contributed by atoms with Gasteiger partial charge in [0.25, 0.3) is 0 Å². The van der Waals surface area contributed by atoms with E-state index in [2.05, 4.69) is 38.9 Å². The fourth-order valence-electron chi connectivity index (χ4n) is 6.90. The zero-order chi connectivity index (χ0) is 23.8. The lowest BCUT2D eigenvalue weighted by atomic mass is 9.73. The van der Waals surface area contributed by atoms with E-state index in [-0.39, 0.29) is 5.92 Å². The lowest BCUT2D eigenvalue weighted by molar-refractivity contribution is -0.129. The second-order valence-corrected chi connectivity index (χ2v) is 12.6. The first-order chi connectivity index (χ1) is 16.0. The van der Waals surface area contributed by atoms with E-state index in [0.717, 1.165) is 6.54 Å². The molecule has 2 bridgehead atoms. The van der Waals surface area contributed by atoms with Gasteiger partial charge >= 0.3 is 0 Å². The molecule has 1 saturated heterocycles. The third-order valence-electron chi connectivity index (χ3n) is 9.11. The molecule has 0 spiro atoms. The minimum absolute atomic E-state index is 0.286. The summed E-state index contributed by atoms with van der Waals surface area (Å²) in [4.78, 5) is 13.4. The molecular formula is C30H53NOS. The molecule has 1 heterocycles. The predicted molar refractivity (Wildman–Crippen MR) is 145 cm³/mol. The van der Waals surface area contributed by atoms with Crippen molar-refractivity contribution in [1.82, 2.24) is 4.31 Å². The number of carbonyl (C=O) groups is 1. The normalized spacial score (nSPS) is 28.2. The van der Waals surface area contributed by atoms with Crippen molar-refractivity contribution in [3.8, 4) is 0 Å². The van der Waals surface area contributed by atoms with Crippen LogP contribution in [-0.4, -0.2) is 22.0 Å². The average Bonchev–Trinajstić information content (AvgIpc) is 3.48. The number of nitrogens with zero attached hydrogens (tertiary/aromatic N) is 1. The maximum Gasteiger partial charge on any atom is 0.237 e. The Kier molecular flexibility index (Phi) is 11.2. The van der Waals surface area contributed by atoms with Gasteiger partial charge in [-0.05, 0) is 61.3 Å². The third kappa shape index (κ3) is 6.42. The van der Waals surface area contributed by atoms with Gasteiger partial charge in [0.05, 0.1) is 5.92 Å².